The van der Waals surface area contributed by atoms with Crippen LogP contribution in [0.3, 0.4) is 0 Å². The summed E-state index contributed by atoms with van der Waals surface area (Å²) in [7, 11) is -3.72. The molecule has 0 aliphatic heterocycles. The molecule has 2 N–H and O–H groups in total. The highest BCUT2D eigenvalue weighted by atomic mass is 32.2. The van der Waals surface area contributed by atoms with Crippen LogP contribution in [0.4, 0.5) is 0 Å². The Balaban J connectivity index is 1.92. The van der Waals surface area contributed by atoms with Crippen molar-refractivity contribution in [2.24, 2.45) is 0 Å². The van der Waals surface area contributed by atoms with Gasteiger partial charge in [-0.05, 0) is 24.6 Å². The molecule has 0 saturated heterocycles. The molecule has 0 bridgehead atoms. The number of hydrogen-bond donors (Lipinski definition) is 2. The van der Waals surface area contributed by atoms with Crippen LogP contribution in [0.2, 0.25) is 0 Å². The number of nitrogens with one attached hydrogen (secondary N) is 2. The second-order valence-corrected chi connectivity index (χ2v) is 6.73. The van der Waals surface area contributed by atoms with Crippen LogP contribution in [0.25, 0.3) is 0 Å². The van der Waals surface area contributed by atoms with Crippen molar-refractivity contribution in [2.75, 3.05) is 13.1 Å². The first-order chi connectivity index (χ1) is 11.5. The fourth-order valence-corrected chi connectivity index (χ4v) is 2.99. The maximum Gasteiger partial charge on any atom is 0.251 e. The highest BCUT2D eigenvalue weighted by Crippen LogP contribution is 2.11. The fraction of sp³-hybridized carbons (Fsp3) is 0.250. The zero-order chi connectivity index (χ0) is 17.4. The predicted octanol–water partition coefficient (Wildman–Crippen LogP) is 0.615. The molecule has 0 aliphatic carbocycles. The Morgan fingerprint density at radius 3 is 2.92 bits per heavy atom. The third kappa shape index (κ3) is 4.94. The summed E-state index contributed by atoms with van der Waals surface area (Å²) in [5, 5.41) is 2.76. The van der Waals surface area contributed by atoms with Crippen LogP contribution in [-0.4, -0.2) is 37.0 Å². The quantitative estimate of drug-likeness (QED) is 0.541. The van der Waals surface area contributed by atoms with Crippen molar-refractivity contribution < 1.29 is 13.2 Å². The van der Waals surface area contributed by atoms with Crippen LogP contribution in [0, 0.1) is 12.3 Å². The van der Waals surface area contributed by atoms with E-state index in [0.29, 0.717) is 6.54 Å². The SMILES string of the molecule is C#CCNS(=O)(=O)c1cccc(C(=O)NCCCn2ccnc2)c1. The first kappa shape index (κ1) is 17.7. The van der Waals surface area contributed by atoms with E-state index in [4.69, 9.17) is 6.42 Å². The molecule has 0 radical (unpaired) electrons. The molecule has 0 aliphatic rings. The Labute approximate surface area is 141 Å². The summed E-state index contributed by atoms with van der Waals surface area (Å²) in [5.74, 6) is 1.88. The standard InChI is InChI=1S/C16H18N4O3S/c1-2-7-19-24(22,23)15-6-3-5-14(12-15)16(21)18-8-4-10-20-11-9-17-13-20/h1,3,5-6,9,11-13,19H,4,7-8,10H2,(H,18,21). The minimum atomic E-state index is -3.72. The Kier molecular flexibility index (Phi) is 6.12. The third-order valence-corrected chi connectivity index (χ3v) is 4.61. The summed E-state index contributed by atoms with van der Waals surface area (Å²) in [6, 6.07) is 5.81. The van der Waals surface area contributed by atoms with E-state index in [0.717, 1.165) is 13.0 Å². The average molecular weight is 346 g/mol. The molecule has 24 heavy (non-hydrogen) atoms. The summed E-state index contributed by atoms with van der Waals surface area (Å²) in [6.07, 6.45) is 11.0. The molecule has 1 aromatic heterocycles. The fourth-order valence-electron chi connectivity index (χ4n) is 2.01. The second kappa shape index (κ2) is 8.29. The smallest absolute Gasteiger partial charge is 0.251 e. The Bertz CT molecular complexity index is 823. The molecule has 126 valence electrons. The van der Waals surface area contributed by atoms with Gasteiger partial charge in [-0.2, -0.15) is 4.72 Å². The highest BCUT2D eigenvalue weighted by molar-refractivity contribution is 7.89. The second-order valence-electron chi connectivity index (χ2n) is 4.97. The molecule has 8 heteroatoms. The minimum absolute atomic E-state index is 0.00353. The number of benzene rings is 1. The molecular weight excluding hydrogens is 328 g/mol. The molecule has 0 fully saturated rings. The van der Waals surface area contributed by atoms with Crippen LogP contribution in [-0.2, 0) is 16.6 Å². The highest BCUT2D eigenvalue weighted by Gasteiger charge is 2.15. The first-order valence-electron chi connectivity index (χ1n) is 7.30. The van der Waals surface area contributed by atoms with Gasteiger partial charge in [-0.15, -0.1) is 6.42 Å². The largest absolute Gasteiger partial charge is 0.352 e. The number of amides is 1. The van der Waals surface area contributed by atoms with Crippen LogP contribution in [0.1, 0.15) is 16.8 Å². The maximum atomic E-state index is 12.1. The van der Waals surface area contributed by atoms with Crippen molar-refractivity contribution in [1.82, 2.24) is 19.6 Å². The van der Waals surface area contributed by atoms with Crippen molar-refractivity contribution in [3.05, 3.63) is 48.5 Å². The van der Waals surface area contributed by atoms with Crippen LogP contribution >= 0.6 is 0 Å². The number of hydrogen-bond acceptors (Lipinski definition) is 4. The summed E-state index contributed by atoms with van der Waals surface area (Å²) < 4.78 is 28.2. The molecule has 0 saturated carbocycles. The van der Waals surface area contributed by atoms with Crippen molar-refractivity contribution in [3.8, 4) is 12.3 Å². The van der Waals surface area contributed by atoms with Gasteiger partial charge in [0.2, 0.25) is 10.0 Å². The topological polar surface area (TPSA) is 93.1 Å². The summed E-state index contributed by atoms with van der Waals surface area (Å²) >= 11 is 0. The molecule has 2 aromatic rings. The van der Waals surface area contributed by atoms with Gasteiger partial charge in [-0.25, -0.2) is 13.4 Å². The van der Waals surface area contributed by atoms with E-state index in [9.17, 15) is 13.2 Å². The Hall–Kier alpha value is -2.63. The molecule has 0 spiro atoms. The molecular formula is C16H18N4O3S. The molecule has 1 amide bonds. The van der Waals surface area contributed by atoms with E-state index in [-0.39, 0.29) is 22.9 Å². The van der Waals surface area contributed by atoms with Gasteiger partial charge < -0.3 is 9.88 Å². The number of carbonyl (C=O) groups is 1. The van der Waals surface area contributed by atoms with Crippen molar-refractivity contribution >= 4 is 15.9 Å². The molecule has 0 unspecified atom stereocenters. The lowest BCUT2D eigenvalue weighted by Gasteiger charge is -2.08. The lowest BCUT2D eigenvalue weighted by molar-refractivity contribution is 0.0952. The van der Waals surface area contributed by atoms with Crippen molar-refractivity contribution in [1.29, 1.82) is 0 Å². The summed E-state index contributed by atoms with van der Waals surface area (Å²) in [5.41, 5.74) is 0.279. The van der Waals surface area contributed by atoms with Crippen molar-refractivity contribution in [2.45, 2.75) is 17.9 Å². The predicted molar refractivity (Wildman–Crippen MR) is 89.6 cm³/mol. The molecule has 1 heterocycles. The monoisotopic (exact) mass is 346 g/mol. The normalized spacial score (nSPS) is 11.0. The van der Waals surface area contributed by atoms with Gasteiger partial charge in [-0.3, -0.25) is 4.79 Å². The molecule has 1 aromatic carbocycles. The summed E-state index contributed by atoms with van der Waals surface area (Å²) in [4.78, 5) is 16.1. The lowest BCUT2D eigenvalue weighted by atomic mass is 10.2. The maximum absolute atomic E-state index is 12.1. The number of aryl methyl sites for hydroxylation is 1. The number of terminal acetylenes is 1. The van der Waals surface area contributed by atoms with Gasteiger partial charge >= 0.3 is 0 Å². The molecule has 0 atom stereocenters. The van der Waals surface area contributed by atoms with E-state index in [1.54, 1.807) is 18.6 Å². The van der Waals surface area contributed by atoms with E-state index < -0.39 is 10.0 Å². The third-order valence-electron chi connectivity index (χ3n) is 3.21. The van der Waals surface area contributed by atoms with Gasteiger partial charge in [0.1, 0.15) is 0 Å². The van der Waals surface area contributed by atoms with Crippen LogP contribution < -0.4 is 10.0 Å². The van der Waals surface area contributed by atoms with Gasteiger partial charge in [-0.1, -0.05) is 12.0 Å². The minimum Gasteiger partial charge on any atom is -0.352 e. The van der Waals surface area contributed by atoms with E-state index >= 15 is 0 Å². The Morgan fingerprint density at radius 1 is 1.38 bits per heavy atom. The number of carbonyl (C=O) groups excluding carboxylic acids is 1. The van der Waals surface area contributed by atoms with Gasteiger partial charge in [0, 0.05) is 31.0 Å². The van der Waals surface area contributed by atoms with Crippen molar-refractivity contribution in [3.63, 3.8) is 0 Å². The van der Waals surface area contributed by atoms with Gasteiger partial charge in [0.15, 0.2) is 0 Å². The molecule has 7 nitrogen and oxygen atoms in total. The van der Waals surface area contributed by atoms with Gasteiger partial charge in [0.25, 0.3) is 5.91 Å². The average Bonchev–Trinajstić information content (AvgIpc) is 3.10. The zero-order valence-corrected chi connectivity index (χ0v) is 13.8. The van der Waals surface area contributed by atoms with Crippen LogP contribution in [0.15, 0.2) is 47.9 Å². The number of rotatable bonds is 8. The van der Waals surface area contributed by atoms with E-state index in [2.05, 4.69) is 20.9 Å². The van der Waals surface area contributed by atoms with E-state index in [1.165, 1.54) is 18.2 Å². The number of sulfonamides is 1. The zero-order valence-electron chi connectivity index (χ0n) is 13.0. The van der Waals surface area contributed by atoms with E-state index in [1.807, 2.05) is 10.8 Å². The lowest BCUT2D eigenvalue weighted by Crippen LogP contribution is -2.27. The number of aromatic nitrogens is 2. The summed E-state index contributed by atoms with van der Waals surface area (Å²) in [6.45, 7) is 1.11. The van der Waals surface area contributed by atoms with Gasteiger partial charge in [0.05, 0.1) is 17.8 Å². The first-order valence-corrected chi connectivity index (χ1v) is 8.78. The molecule has 2 rings (SSSR count). The Morgan fingerprint density at radius 2 is 2.21 bits per heavy atom. The number of nitrogens with zero attached hydrogens (tertiary/aromatic N) is 2. The van der Waals surface area contributed by atoms with Crippen LogP contribution in [0.5, 0.6) is 0 Å². The number of imidazole rings is 1.